The van der Waals surface area contributed by atoms with Crippen molar-refractivity contribution >= 4 is 15.9 Å². The van der Waals surface area contributed by atoms with Crippen molar-refractivity contribution in [2.45, 2.75) is 117 Å². The van der Waals surface area contributed by atoms with Crippen LogP contribution in [0.4, 0.5) is 0 Å². The quantitative estimate of drug-likeness (QED) is 0.355. The summed E-state index contributed by atoms with van der Waals surface area (Å²) in [6, 6.07) is 10.0. The van der Waals surface area contributed by atoms with Crippen LogP contribution in [0.15, 0.2) is 24.3 Å². The van der Waals surface area contributed by atoms with Crippen molar-refractivity contribution < 1.29 is 0 Å². The highest BCUT2D eigenvalue weighted by Gasteiger charge is 2.74. The van der Waals surface area contributed by atoms with E-state index >= 15 is 0 Å². The third kappa shape index (κ3) is 2.99. The van der Waals surface area contributed by atoms with Crippen molar-refractivity contribution in [1.29, 1.82) is 0 Å². The fourth-order valence-corrected chi connectivity index (χ4v) is 14.2. The summed E-state index contributed by atoms with van der Waals surface area (Å²) in [5, 5.41) is 1.07. The van der Waals surface area contributed by atoms with Crippen LogP contribution in [0.2, 0.25) is 0 Å². The zero-order valence-corrected chi connectivity index (χ0v) is 23.3. The van der Waals surface area contributed by atoms with Crippen LogP contribution < -0.4 is 0 Å². The molecule has 0 aromatic heterocycles. The molecular formula is C32H45Br. The molecule has 1 aromatic rings. The molecule has 9 rings (SSSR count). The van der Waals surface area contributed by atoms with Gasteiger partial charge in [0.2, 0.25) is 0 Å². The Morgan fingerprint density at radius 1 is 0.636 bits per heavy atom. The predicted molar refractivity (Wildman–Crippen MR) is 142 cm³/mol. The van der Waals surface area contributed by atoms with Gasteiger partial charge < -0.3 is 0 Å². The monoisotopic (exact) mass is 508 g/mol. The fourth-order valence-electron chi connectivity index (χ4n) is 13.7. The summed E-state index contributed by atoms with van der Waals surface area (Å²) in [6.45, 7) is 10.8. The Balaban J connectivity index is 1.35. The molecule has 8 aliphatic carbocycles. The van der Waals surface area contributed by atoms with E-state index in [4.69, 9.17) is 0 Å². The first-order valence-corrected chi connectivity index (χ1v) is 15.2. The Morgan fingerprint density at radius 3 is 1.73 bits per heavy atom. The predicted octanol–water partition coefficient (Wildman–Crippen LogP) is 9.24. The Kier molecular flexibility index (Phi) is 4.21. The second-order valence-electron chi connectivity index (χ2n) is 16.3. The summed E-state index contributed by atoms with van der Waals surface area (Å²) in [7, 11) is 0. The number of rotatable bonds is 4. The third-order valence-corrected chi connectivity index (χ3v) is 12.7. The molecule has 8 fully saturated rings. The van der Waals surface area contributed by atoms with Gasteiger partial charge in [-0.05, 0) is 138 Å². The maximum Gasteiger partial charge on any atom is 0.00718 e. The van der Waals surface area contributed by atoms with Gasteiger partial charge in [0.15, 0.2) is 0 Å². The average molecular weight is 510 g/mol. The fraction of sp³-hybridized carbons (Fsp3) is 0.812. The summed E-state index contributed by atoms with van der Waals surface area (Å²) >= 11 is 3.64. The Labute approximate surface area is 211 Å². The van der Waals surface area contributed by atoms with Gasteiger partial charge in [-0.25, -0.2) is 0 Å². The summed E-state index contributed by atoms with van der Waals surface area (Å²) < 4.78 is 0. The molecule has 180 valence electrons. The van der Waals surface area contributed by atoms with Crippen molar-refractivity contribution in [3.63, 3.8) is 0 Å². The van der Waals surface area contributed by atoms with Crippen LogP contribution in [0.3, 0.4) is 0 Å². The zero-order chi connectivity index (χ0) is 23.0. The lowest BCUT2D eigenvalue weighted by atomic mass is 9.26. The first-order chi connectivity index (χ1) is 15.4. The summed E-state index contributed by atoms with van der Waals surface area (Å²) in [6.07, 6.45) is 19.4. The number of hydrogen-bond acceptors (Lipinski definition) is 0. The SMILES string of the molecule is CC12CC3CC(C)(C1)CC(C14CC5(C)CC(C)(CC(c6ccc(CCBr)cc6)(C5)C1)C4)(C3)C2. The molecule has 0 amide bonds. The Hall–Kier alpha value is -0.300. The highest BCUT2D eigenvalue weighted by Crippen LogP contribution is 2.83. The molecule has 0 spiro atoms. The smallest absolute Gasteiger partial charge is 0.00718 e. The summed E-state index contributed by atoms with van der Waals surface area (Å²) in [5.41, 5.74) is 7.18. The van der Waals surface area contributed by atoms with Crippen LogP contribution in [0, 0.1) is 38.4 Å². The van der Waals surface area contributed by atoms with E-state index in [9.17, 15) is 0 Å². The van der Waals surface area contributed by atoms with Gasteiger partial charge in [-0.3, -0.25) is 0 Å². The van der Waals surface area contributed by atoms with Gasteiger partial charge in [-0.2, -0.15) is 0 Å². The van der Waals surface area contributed by atoms with Crippen molar-refractivity contribution in [2.75, 3.05) is 5.33 Å². The topological polar surface area (TPSA) is 0 Å². The molecule has 0 saturated heterocycles. The number of hydrogen-bond donors (Lipinski definition) is 0. The van der Waals surface area contributed by atoms with E-state index in [0.29, 0.717) is 37.9 Å². The highest BCUT2D eigenvalue weighted by atomic mass is 79.9. The van der Waals surface area contributed by atoms with E-state index in [-0.39, 0.29) is 0 Å². The van der Waals surface area contributed by atoms with Gasteiger partial charge in [0.1, 0.15) is 0 Å². The normalized spacial score (nSPS) is 56.0. The van der Waals surface area contributed by atoms with Crippen LogP contribution in [0.25, 0.3) is 0 Å². The molecule has 0 radical (unpaired) electrons. The lowest BCUT2D eigenvalue weighted by Gasteiger charge is -2.78. The van der Waals surface area contributed by atoms with Gasteiger partial charge >= 0.3 is 0 Å². The van der Waals surface area contributed by atoms with Crippen LogP contribution in [0.1, 0.15) is 116 Å². The Bertz CT molecular complexity index is 950. The van der Waals surface area contributed by atoms with Crippen LogP contribution in [-0.4, -0.2) is 5.33 Å². The molecule has 8 aliphatic rings. The molecule has 4 atom stereocenters. The van der Waals surface area contributed by atoms with Crippen LogP contribution in [0.5, 0.6) is 0 Å². The van der Waals surface area contributed by atoms with E-state index in [2.05, 4.69) is 67.9 Å². The first-order valence-electron chi connectivity index (χ1n) is 14.1. The van der Waals surface area contributed by atoms with Gasteiger partial charge in [-0.1, -0.05) is 67.9 Å². The van der Waals surface area contributed by atoms with Gasteiger partial charge in [0, 0.05) is 5.33 Å². The highest BCUT2D eigenvalue weighted by molar-refractivity contribution is 9.09. The molecule has 0 heterocycles. The number of benzene rings is 1. The van der Waals surface area contributed by atoms with Gasteiger partial charge in [-0.15, -0.1) is 0 Å². The van der Waals surface area contributed by atoms with Crippen molar-refractivity contribution in [3.05, 3.63) is 35.4 Å². The maximum absolute atomic E-state index is 3.64. The molecule has 0 N–H and O–H groups in total. The molecule has 33 heavy (non-hydrogen) atoms. The van der Waals surface area contributed by atoms with Gasteiger partial charge in [0.25, 0.3) is 0 Å². The molecule has 8 bridgehead atoms. The zero-order valence-electron chi connectivity index (χ0n) is 21.7. The minimum absolute atomic E-state index is 0.427. The standard InChI is InChI=1S/C32H45Br/c1-26-11-24-12-27(2,14-26)19-31(13-24,18-26)32-20-28(3)15-29(4,21-32)17-30(16-28,22-32)25-7-5-23(6-8-25)9-10-33/h5-8,24H,9-22H2,1-4H3. The third-order valence-electron chi connectivity index (χ3n) is 12.3. The van der Waals surface area contributed by atoms with E-state index in [1.165, 1.54) is 63.4 Å². The minimum atomic E-state index is 0.427. The lowest BCUT2D eigenvalue weighted by Crippen LogP contribution is -2.69. The second kappa shape index (κ2) is 6.33. The summed E-state index contributed by atoms with van der Waals surface area (Å²) in [4.78, 5) is 0. The number of alkyl halides is 1. The molecule has 4 unspecified atom stereocenters. The van der Waals surface area contributed by atoms with E-state index in [0.717, 1.165) is 17.7 Å². The number of halogens is 1. The average Bonchev–Trinajstić information content (AvgIpc) is 2.63. The van der Waals surface area contributed by atoms with Crippen molar-refractivity contribution in [2.24, 2.45) is 38.4 Å². The second-order valence-corrected chi connectivity index (χ2v) is 17.1. The van der Waals surface area contributed by atoms with Crippen molar-refractivity contribution in [1.82, 2.24) is 0 Å². The van der Waals surface area contributed by atoms with Crippen LogP contribution >= 0.6 is 15.9 Å². The molecule has 0 aliphatic heterocycles. The van der Waals surface area contributed by atoms with Gasteiger partial charge in [0.05, 0.1) is 0 Å². The Morgan fingerprint density at radius 2 is 1.18 bits per heavy atom. The number of aryl methyl sites for hydroxylation is 1. The molecular weight excluding hydrogens is 464 g/mol. The van der Waals surface area contributed by atoms with E-state index < -0.39 is 0 Å². The molecule has 1 aromatic carbocycles. The van der Waals surface area contributed by atoms with Crippen molar-refractivity contribution in [3.8, 4) is 0 Å². The largest absolute Gasteiger partial charge is 0.0924 e. The first kappa shape index (κ1) is 21.9. The van der Waals surface area contributed by atoms with Crippen LogP contribution in [-0.2, 0) is 11.8 Å². The lowest BCUT2D eigenvalue weighted by molar-refractivity contribution is -0.270. The summed E-state index contributed by atoms with van der Waals surface area (Å²) in [5.74, 6) is 1.02. The maximum atomic E-state index is 3.64. The molecule has 0 nitrogen and oxygen atoms in total. The minimum Gasteiger partial charge on any atom is -0.0924 e. The molecule has 8 saturated carbocycles. The van der Waals surface area contributed by atoms with E-state index in [1.807, 2.05) is 0 Å². The molecule has 1 heteroatoms. The van der Waals surface area contributed by atoms with E-state index in [1.54, 1.807) is 24.8 Å².